The number of hydrogen-bond acceptors (Lipinski definition) is 3. The molecule has 0 saturated heterocycles. The first kappa shape index (κ1) is 12.2. The lowest BCUT2D eigenvalue weighted by Gasteiger charge is -2.06. The lowest BCUT2D eigenvalue weighted by molar-refractivity contribution is 0.102. The quantitative estimate of drug-likeness (QED) is 0.786. The smallest absolute Gasteiger partial charge is 0.258 e. The van der Waals surface area contributed by atoms with Crippen LogP contribution in [0.1, 0.15) is 10.4 Å². The normalized spacial score (nSPS) is 10.2. The van der Waals surface area contributed by atoms with E-state index >= 15 is 0 Å². The fraction of sp³-hybridized carbons (Fsp3) is 0. The van der Waals surface area contributed by atoms with Crippen LogP contribution < -0.4 is 5.32 Å². The number of nitrogens with one attached hydrogen (secondary N) is 1. The zero-order valence-corrected chi connectivity index (χ0v) is 10.6. The molecule has 0 aliphatic rings. The number of anilines is 1. The third kappa shape index (κ3) is 2.59. The van der Waals surface area contributed by atoms with E-state index in [9.17, 15) is 4.79 Å². The molecule has 0 bridgehead atoms. The van der Waals surface area contributed by atoms with Gasteiger partial charge in [-0.2, -0.15) is 0 Å². The number of benzene rings is 1. The van der Waals surface area contributed by atoms with Gasteiger partial charge in [-0.3, -0.25) is 9.78 Å². The van der Waals surface area contributed by atoms with Gasteiger partial charge in [-0.25, -0.2) is 0 Å². The molecule has 20 heavy (non-hydrogen) atoms. The summed E-state index contributed by atoms with van der Waals surface area (Å²) in [6, 6.07) is 14.9. The second kappa shape index (κ2) is 5.40. The van der Waals surface area contributed by atoms with Crippen molar-refractivity contribution in [2.75, 3.05) is 5.32 Å². The van der Waals surface area contributed by atoms with Crippen molar-refractivity contribution in [3.63, 3.8) is 0 Å². The van der Waals surface area contributed by atoms with Crippen LogP contribution >= 0.6 is 0 Å². The van der Waals surface area contributed by atoms with E-state index in [1.807, 2.05) is 42.5 Å². The van der Waals surface area contributed by atoms with E-state index in [2.05, 4.69) is 10.3 Å². The van der Waals surface area contributed by atoms with Gasteiger partial charge in [0.05, 0.1) is 17.5 Å². The SMILES string of the molecule is O=C(Nc1cccc(-c2ccccn2)c1)c1ccoc1. The topological polar surface area (TPSA) is 55.1 Å². The van der Waals surface area contributed by atoms with Crippen molar-refractivity contribution in [3.8, 4) is 11.3 Å². The van der Waals surface area contributed by atoms with Crippen LogP contribution in [0.5, 0.6) is 0 Å². The maximum atomic E-state index is 11.9. The molecule has 98 valence electrons. The van der Waals surface area contributed by atoms with E-state index in [4.69, 9.17) is 4.42 Å². The minimum absolute atomic E-state index is 0.197. The van der Waals surface area contributed by atoms with E-state index in [1.165, 1.54) is 12.5 Å². The van der Waals surface area contributed by atoms with Crippen molar-refractivity contribution < 1.29 is 9.21 Å². The third-order valence-electron chi connectivity index (χ3n) is 2.86. The summed E-state index contributed by atoms with van der Waals surface area (Å²) >= 11 is 0. The van der Waals surface area contributed by atoms with Crippen LogP contribution in [-0.4, -0.2) is 10.9 Å². The van der Waals surface area contributed by atoms with Gasteiger partial charge < -0.3 is 9.73 Å². The van der Waals surface area contributed by atoms with Gasteiger partial charge in [-0.15, -0.1) is 0 Å². The second-order valence-corrected chi connectivity index (χ2v) is 4.26. The van der Waals surface area contributed by atoms with Crippen molar-refractivity contribution in [2.24, 2.45) is 0 Å². The number of aromatic nitrogens is 1. The van der Waals surface area contributed by atoms with Gasteiger partial charge in [0.15, 0.2) is 0 Å². The molecule has 0 spiro atoms. The van der Waals surface area contributed by atoms with Crippen molar-refractivity contribution in [1.82, 2.24) is 4.98 Å². The summed E-state index contributed by atoms with van der Waals surface area (Å²) in [5.74, 6) is -0.197. The predicted octanol–water partition coefficient (Wildman–Crippen LogP) is 3.59. The Balaban J connectivity index is 1.83. The Labute approximate surface area is 116 Å². The summed E-state index contributed by atoms with van der Waals surface area (Å²) in [6.07, 6.45) is 4.63. The molecule has 0 aliphatic heterocycles. The van der Waals surface area contributed by atoms with Gasteiger partial charge in [0, 0.05) is 17.4 Å². The van der Waals surface area contributed by atoms with Crippen LogP contribution in [0.4, 0.5) is 5.69 Å². The van der Waals surface area contributed by atoms with Crippen LogP contribution in [0.15, 0.2) is 71.7 Å². The summed E-state index contributed by atoms with van der Waals surface area (Å²) < 4.78 is 4.90. The minimum atomic E-state index is -0.197. The molecule has 3 aromatic rings. The molecule has 4 heteroatoms. The molecule has 0 radical (unpaired) electrons. The Bertz CT molecular complexity index is 706. The molecule has 0 fully saturated rings. The Hall–Kier alpha value is -2.88. The number of hydrogen-bond donors (Lipinski definition) is 1. The molecular formula is C16H12N2O2. The first-order valence-corrected chi connectivity index (χ1v) is 6.18. The van der Waals surface area contributed by atoms with Gasteiger partial charge in [-0.05, 0) is 30.3 Å². The molecule has 0 aliphatic carbocycles. The van der Waals surface area contributed by atoms with Crippen molar-refractivity contribution in [1.29, 1.82) is 0 Å². The molecule has 0 saturated carbocycles. The van der Waals surface area contributed by atoms with Gasteiger partial charge >= 0.3 is 0 Å². The van der Waals surface area contributed by atoms with E-state index in [0.29, 0.717) is 5.56 Å². The van der Waals surface area contributed by atoms with Crippen LogP contribution in [0.25, 0.3) is 11.3 Å². The monoisotopic (exact) mass is 264 g/mol. The number of nitrogens with zero attached hydrogens (tertiary/aromatic N) is 1. The number of amides is 1. The number of carbonyl (C=O) groups is 1. The highest BCUT2D eigenvalue weighted by Gasteiger charge is 2.07. The van der Waals surface area contributed by atoms with Gasteiger partial charge in [0.1, 0.15) is 6.26 Å². The van der Waals surface area contributed by atoms with Crippen molar-refractivity contribution in [3.05, 3.63) is 72.8 Å². The highest BCUT2D eigenvalue weighted by atomic mass is 16.3. The first-order chi connectivity index (χ1) is 9.83. The zero-order valence-electron chi connectivity index (χ0n) is 10.6. The first-order valence-electron chi connectivity index (χ1n) is 6.18. The minimum Gasteiger partial charge on any atom is -0.472 e. The van der Waals surface area contributed by atoms with Crippen molar-refractivity contribution >= 4 is 11.6 Å². The van der Waals surface area contributed by atoms with Gasteiger partial charge in [-0.1, -0.05) is 18.2 Å². The number of pyridine rings is 1. The summed E-state index contributed by atoms with van der Waals surface area (Å²) in [6.45, 7) is 0. The molecule has 2 aromatic heterocycles. The molecule has 3 rings (SSSR count). The number of furan rings is 1. The Morgan fingerprint density at radius 3 is 2.80 bits per heavy atom. The van der Waals surface area contributed by atoms with E-state index < -0.39 is 0 Å². The lowest BCUT2D eigenvalue weighted by atomic mass is 10.1. The maximum Gasteiger partial charge on any atom is 0.258 e. The van der Waals surface area contributed by atoms with Crippen LogP contribution in [-0.2, 0) is 0 Å². The molecule has 4 nitrogen and oxygen atoms in total. The molecular weight excluding hydrogens is 252 g/mol. The van der Waals surface area contributed by atoms with E-state index in [0.717, 1.165) is 16.9 Å². The molecule has 1 N–H and O–H groups in total. The largest absolute Gasteiger partial charge is 0.472 e. The van der Waals surface area contributed by atoms with E-state index in [1.54, 1.807) is 12.3 Å². The summed E-state index contributed by atoms with van der Waals surface area (Å²) in [4.78, 5) is 16.2. The molecule has 0 atom stereocenters. The average Bonchev–Trinajstić information content (AvgIpc) is 3.03. The fourth-order valence-corrected chi connectivity index (χ4v) is 1.89. The number of carbonyl (C=O) groups excluding carboxylic acids is 1. The molecule has 2 heterocycles. The van der Waals surface area contributed by atoms with Crippen molar-refractivity contribution in [2.45, 2.75) is 0 Å². The summed E-state index contributed by atoms with van der Waals surface area (Å²) in [7, 11) is 0. The Kier molecular flexibility index (Phi) is 3.29. The van der Waals surface area contributed by atoms with Gasteiger partial charge in [0.25, 0.3) is 5.91 Å². The summed E-state index contributed by atoms with van der Waals surface area (Å²) in [5, 5.41) is 2.83. The Morgan fingerprint density at radius 1 is 1.10 bits per heavy atom. The second-order valence-electron chi connectivity index (χ2n) is 4.26. The number of rotatable bonds is 3. The highest BCUT2D eigenvalue weighted by Crippen LogP contribution is 2.20. The predicted molar refractivity (Wildman–Crippen MR) is 76.3 cm³/mol. The van der Waals surface area contributed by atoms with Crippen LogP contribution in [0, 0.1) is 0 Å². The Morgan fingerprint density at radius 2 is 2.05 bits per heavy atom. The third-order valence-corrected chi connectivity index (χ3v) is 2.86. The standard InChI is InChI=1S/C16H12N2O2/c19-16(13-7-9-20-11-13)18-14-5-3-4-12(10-14)15-6-1-2-8-17-15/h1-11H,(H,18,19). The maximum absolute atomic E-state index is 11.9. The molecule has 0 unspecified atom stereocenters. The van der Waals surface area contributed by atoms with Crippen LogP contribution in [0.2, 0.25) is 0 Å². The lowest BCUT2D eigenvalue weighted by Crippen LogP contribution is -2.10. The average molecular weight is 264 g/mol. The summed E-state index contributed by atoms with van der Waals surface area (Å²) in [5.41, 5.74) is 3.04. The highest BCUT2D eigenvalue weighted by molar-refractivity contribution is 6.04. The zero-order chi connectivity index (χ0) is 13.8. The van der Waals surface area contributed by atoms with Crippen LogP contribution in [0.3, 0.4) is 0 Å². The molecule has 1 amide bonds. The molecule has 1 aromatic carbocycles. The van der Waals surface area contributed by atoms with Gasteiger partial charge in [0.2, 0.25) is 0 Å². The fourth-order valence-electron chi connectivity index (χ4n) is 1.89. The van der Waals surface area contributed by atoms with E-state index in [-0.39, 0.29) is 5.91 Å².